The molecule has 0 spiro atoms. The first-order valence-corrected chi connectivity index (χ1v) is 5.70. The van der Waals surface area contributed by atoms with Crippen LogP contribution in [-0.4, -0.2) is 30.9 Å². The predicted octanol–water partition coefficient (Wildman–Crippen LogP) is 1.91. The number of carbonyl (C=O) groups excluding carboxylic acids is 1. The fourth-order valence-electron chi connectivity index (χ4n) is 1.36. The molecular weight excluding hydrogens is 224 g/mol. The third kappa shape index (κ3) is 4.21. The van der Waals surface area contributed by atoms with Crippen molar-refractivity contribution in [3.05, 3.63) is 34.9 Å². The van der Waals surface area contributed by atoms with Gasteiger partial charge in [-0.25, -0.2) is 0 Å². The Morgan fingerprint density at radius 3 is 2.88 bits per heavy atom. The van der Waals surface area contributed by atoms with Gasteiger partial charge in [-0.05, 0) is 24.2 Å². The molecule has 4 heteroatoms. The molecule has 1 N–H and O–H groups in total. The maximum absolute atomic E-state index is 11.6. The maximum atomic E-state index is 11.6. The lowest BCUT2D eigenvalue weighted by molar-refractivity contribution is -0.129. The van der Waals surface area contributed by atoms with Crippen molar-refractivity contribution in [2.45, 2.75) is 13.5 Å². The SMILES string of the molecule is CCNCC(=O)N(C)Cc1cccc(Cl)c1. The monoisotopic (exact) mass is 240 g/mol. The minimum atomic E-state index is 0.0850. The van der Waals surface area contributed by atoms with Crippen molar-refractivity contribution in [2.24, 2.45) is 0 Å². The molecule has 1 aromatic rings. The van der Waals surface area contributed by atoms with E-state index in [9.17, 15) is 4.79 Å². The van der Waals surface area contributed by atoms with Gasteiger partial charge < -0.3 is 10.2 Å². The molecule has 1 aromatic carbocycles. The average molecular weight is 241 g/mol. The number of benzene rings is 1. The van der Waals surface area contributed by atoms with Gasteiger partial charge in [-0.3, -0.25) is 4.79 Å². The number of carbonyl (C=O) groups is 1. The zero-order valence-electron chi connectivity index (χ0n) is 9.66. The van der Waals surface area contributed by atoms with Gasteiger partial charge in [-0.2, -0.15) is 0 Å². The second-order valence-electron chi connectivity index (χ2n) is 3.66. The van der Waals surface area contributed by atoms with Crippen molar-refractivity contribution >= 4 is 17.5 Å². The summed E-state index contributed by atoms with van der Waals surface area (Å²) in [7, 11) is 1.79. The molecule has 0 aliphatic carbocycles. The van der Waals surface area contributed by atoms with Crippen LogP contribution in [0.5, 0.6) is 0 Å². The van der Waals surface area contributed by atoms with Gasteiger partial charge in [0.25, 0.3) is 0 Å². The highest BCUT2D eigenvalue weighted by Crippen LogP contribution is 2.11. The number of rotatable bonds is 5. The number of hydrogen-bond acceptors (Lipinski definition) is 2. The second-order valence-corrected chi connectivity index (χ2v) is 4.10. The molecule has 88 valence electrons. The summed E-state index contributed by atoms with van der Waals surface area (Å²) in [6.07, 6.45) is 0. The lowest BCUT2D eigenvalue weighted by Gasteiger charge is -2.17. The lowest BCUT2D eigenvalue weighted by Crippen LogP contribution is -2.35. The molecule has 0 saturated carbocycles. The van der Waals surface area contributed by atoms with E-state index in [0.717, 1.165) is 12.1 Å². The second kappa shape index (κ2) is 6.51. The Morgan fingerprint density at radius 2 is 2.25 bits per heavy atom. The molecule has 0 bridgehead atoms. The molecule has 0 radical (unpaired) electrons. The summed E-state index contributed by atoms with van der Waals surface area (Å²) in [5.41, 5.74) is 1.04. The van der Waals surface area contributed by atoms with Crippen molar-refractivity contribution < 1.29 is 4.79 Å². The van der Waals surface area contributed by atoms with Crippen LogP contribution in [0.4, 0.5) is 0 Å². The summed E-state index contributed by atoms with van der Waals surface area (Å²) in [6.45, 7) is 3.75. The van der Waals surface area contributed by atoms with Gasteiger partial charge in [0.2, 0.25) is 5.91 Å². The Morgan fingerprint density at radius 1 is 1.50 bits per heavy atom. The molecule has 3 nitrogen and oxygen atoms in total. The molecule has 16 heavy (non-hydrogen) atoms. The number of likely N-dealkylation sites (N-methyl/N-ethyl adjacent to an activating group) is 2. The van der Waals surface area contributed by atoms with Crippen LogP contribution < -0.4 is 5.32 Å². The lowest BCUT2D eigenvalue weighted by atomic mass is 10.2. The zero-order chi connectivity index (χ0) is 12.0. The maximum Gasteiger partial charge on any atom is 0.236 e. The van der Waals surface area contributed by atoms with Crippen molar-refractivity contribution in [1.29, 1.82) is 0 Å². The summed E-state index contributed by atoms with van der Waals surface area (Å²) in [6, 6.07) is 7.55. The summed E-state index contributed by atoms with van der Waals surface area (Å²) in [5.74, 6) is 0.0850. The summed E-state index contributed by atoms with van der Waals surface area (Å²) < 4.78 is 0. The Kier molecular flexibility index (Phi) is 5.29. The van der Waals surface area contributed by atoms with Gasteiger partial charge >= 0.3 is 0 Å². The van der Waals surface area contributed by atoms with E-state index in [-0.39, 0.29) is 5.91 Å². The fraction of sp³-hybridized carbons (Fsp3) is 0.417. The summed E-state index contributed by atoms with van der Waals surface area (Å²) in [5, 5.41) is 3.71. The topological polar surface area (TPSA) is 32.3 Å². The molecule has 1 rings (SSSR count). The first-order valence-electron chi connectivity index (χ1n) is 5.32. The molecule has 1 amide bonds. The Hall–Kier alpha value is -1.06. The van der Waals surface area contributed by atoms with Gasteiger partial charge in [-0.1, -0.05) is 30.7 Å². The summed E-state index contributed by atoms with van der Waals surface area (Å²) >= 11 is 5.88. The first-order chi connectivity index (χ1) is 7.63. The highest BCUT2D eigenvalue weighted by atomic mass is 35.5. The van der Waals surface area contributed by atoms with Crippen LogP contribution in [0.15, 0.2) is 24.3 Å². The van der Waals surface area contributed by atoms with Crippen LogP contribution in [0.2, 0.25) is 5.02 Å². The van der Waals surface area contributed by atoms with Gasteiger partial charge in [-0.15, -0.1) is 0 Å². The average Bonchev–Trinajstić information content (AvgIpc) is 2.25. The quantitative estimate of drug-likeness (QED) is 0.853. The van der Waals surface area contributed by atoms with Gasteiger partial charge in [0, 0.05) is 18.6 Å². The predicted molar refractivity (Wildman–Crippen MR) is 66.5 cm³/mol. The standard InChI is InChI=1S/C12H17ClN2O/c1-3-14-8-12(16)15(2)9-10-5-4-6-11(13)7-10/h4-7,14H,3,8-9H2,1-2H3. The molecule has 0 aliphatic rings. The van der Waals surface area contributed by atoms with Crippen LogP contribution >= 0.6 is 11.6 Å². The van der Waals surface area contributed by atoms with E-state index in [1.165, 1.54) is 0 Å². The van der Waals surface area contributed by atoms with E-state index in [4.69, 9.17) is 11.6 Å². The van der Waals surface area contributed by atoms with E-state index in [1.54, 1.807) is 11.9 Å². The molecule has 0 saturated heterocycles. The van der Waals surface area contributed by atoms with E-state index in [0.29, 0.717) is 18.1 Å². The normalized spacial score (nSPS) is 10.2. The van der Waals surface area contributed by atoms with Crippen LogP contribution in [0.3, 0.4) is 0 Å². The molecule has 0 unspecified atom stereocenters. The molecule has 0 fully saturated rings. The van der Waals surface area contributed by atoms with Gasteiger partial charge in [0.15, 0.2) is 0 Å². The molecule has 0 aliphatic heterocycles. The third-order valence-corrected chi connectivity index (χ3v) is 2.50. The Balaban J connectivity index is 2.50. The number of nitrogens with zero attached hydrogens (tertiary/aromatic N) is 1. The third-order valence-electron chi connectivity index (χ3n) is 2.26. The van der Waals surface area contributed by atoms with Crippen molar-refractivity contribution in [3.8, 4) is 0 Å². The summed E-state index contributed by atoms with van der Waals surface area (Å²) in [4.78, 5) is 13.3. The van der Waals surface area contributed by atoms with Crippen LogP contribution in [0.25, 0.3) is 0 Å². The molecule has 0 atom stereocenters. The largest absolute Gasteiger partial charge is 0.340 e. The van der Waals surface area contributed by atoms with Crippen molar-refractivity contribution in [1.82, 2.24) is 10.2 Å². The van der Waals surface area contributed by atoms with Crippen LogP contribution in [-0.2, 0) is 11.3 Å². The van der Waals surface area contributed by atoms with Crippen LogP contribution in [0, 0.1) is 0 Å². The fourth-order valence-corrected chi connectivity index (χ4v) is 1.58. The number of halogens is 1. The van der Waals surface area contributed by atoms with Crippen LogP contribution in [0.1, 0.15) is 12.5 Å². The minimum absolute atomic E-state index is 0.0850. The van der Waals surface area contributed by atoms with E-state index in [1.807, 2.05) is 31.2 Å². The Labute approximate surface area is 101 Å². The molecule has 0 heterocycles. The highest BCUT2D eigenvalue weighted by Gasteiger charge is 2.08. The number of nitrogens with one attached hydrogen (secondary N) is 1. The number of amides is 1. The smallest absolute Gasteiger partial charge is 0.236 e. The minimum Gasteiger partial charge on any atom is -0.340 e. The van der Waals surface area contributed by atoms with Gasteiger partial charge in [0.1, 0.15) is 0 Å². The zero-order valence-corrected chi connectivity index (χ0v) is 10.4. The van der Waals surface area contributed by atoms with Gasteiger partial charge in [0.05, 0.1) is 6.54 Å². The highest BCUT2D eigenvalue weighted by molar-refractivity contribution is 6.30. The molecule has 0 aromatic heterocycles. The van der Waals surface area contributed by atoms with Crippen molar-refractivity contribution in [3.63, 3.8) is 0 Å². The Bertz CT molecular complexity index is 355. The first kappa shape index (κ1) is 13.0. The van der Waals surface area contributed by atoms with E-state index in [2.05, 4.69) is 5.32 Å². The molecular formula is C12H17ClN2O. The van der Waals surface area contributed by atoms with E-state index >= 15 is 0 Å². The number of hydrogen-bond donors (Lipinski definition) is 1. The van der Waals surface area contributed by atoms with E-state index < -0.39 is 0 Å². The van der Waals surface area contributed by atoms with Crippen molar-refractivity contribution in [2.75, 3.05) is 20.1 Å².